The van der Waals surface area contributed by atoms with E-state index in [-0.39, 0.29) is 41.0 Å². The van der Waals surface area contributed by atoms with Crippen molar-refractivity contribution in [2.45, 2.75) is 64.0 Å². The van der Waals surface area contributed by atoms with Crippen LogP contribution in [0.4, 0.5) is 0 Å². The Balaban J connectivity index is 0.00000841. The Bertz CT molecular complexity index is 836. The van der Waals surface area contributed by atoms with E-state index in [1.807, 2.05) is 6.92 Å². The molecule has 0 amide bonds. The van der Waals surface area contributed by atoms with Gasteiger partial charge >= 0.3 is 35.5 Å². The average molecular weight is 449 g/mol. The van der Waals surface area contributed by atoms with Crippen molar-refractivity contribution in [2.24, 2.45) is 5.92 Å². The van der Waals surface area contributed by atoms with E-state index in [0.717, 1.165) is 31.9 Å². The maximum atomic E-state index is 12.8. The van der Waals surface area contributed by atoms with Crippen LogP contribution in [0.3, 0.4) is 0 Å². The van der Waals surface area contributed by atoms with Gasteiger partial charge in [-0.25, -0.2) is 4.79 Å². The summed E-state index contributed by atoms with van der Waals surface area (Å²) in [6.45, 7) is 5.62. The van der Waals surface area contributed by atoms with Crippen molar-refractivity contribution in [2.75, 3.05) is 0 Å². The zero-order valence-corrected chi connectivity index (χ0v) is 20.9. The molecular weight excluding hydrogens is 419 g/mol. The van der Waals surface area contributed by atoms with Crippen LogP contribution >= 0.6 is 0 Å². The monoisotopic (exact) mass is 448 g/mol. The Labute approximate surface area is 200 Å². The Morgan fingerprint density at radius 1 is 1.27 bits per heavy atom. The van der Waals surface area contributed by atoms with Gasteiger partial charge in [0.15, 0.2) is 0 Å². The first-order valence-electron chi connectivity index (χ1n) is 9.71. The van der Waals surface area contributed by atoms with Crippen molar-refractivity contribution in [3.05, 3.63) is 47.7 Å². The van der Waals surface area contributed by atoms with E-state index >= 15 is 0 Å². The number of ether oxygens (including phenoxy) is 1. The number of carboxylic acids is 1. The van der Waals surface area contributed by atoms with E-state index in [1.54, 1.807) is 12.1 Å². The summed E-state index contributed by atoms with van der Waals surface area (Å²) in [6, 6.07) is 6.15. The molecule has 30 heavy (non-hydrogen) atoms. The molecule has 0 aliphatic heterocycles. The second-order valence-electron chi connectivity index (χ2n) is 7.00. The standard InChI is InChI=1S/C21H30O7S.Na/c1-4-7-10-16(6-3)14-17-11-8-9-12-18(17)21(15-19(22)23,29(25,26)27)20(24)28-13-5-2;/h5,8-9,11-13,16H,4,6-7,10,14-15H2,1-3H3,(H,22,23)(H,25,26,27);/q;+1/p-1. The van der Waals surface area contributed by atoms with Gasteiger partial charge < -0.3 is 14.6 Å². The molecule has 0 spiro atoms. The van der Waals surface area contributed by atoms with Crippen molar-refractivity contribution < 1.29 is 62.0 Å². The molecule has 0 radical (unpaired) electrons. The quantitative estimate of drug-likeness (QED) is 0.203. The number of aliphatic carboxylic acids is 1. The number of benzene rings is 1. The fraction of sp³-hybridized carbons (Fsp3) is 0.524. The second-order valence-corrected chi connectivity index (χ2v) is 8.65. The van der Waals surface area contributed by atoms with Gasteiger partial charge in [-0.05, 0) is 30.4 Å². The average Bonchev–Trinajstić information content (AvgIpc) is 2.66. The smallest absolute Gasteiger partial charge is 0.550 e. The topological polar surface area (TPSA) is 121 Å². The fourth-order valence-corrected chi connectivity index (χ4v) is 4.42. The molecule has 0 heterocycles. The molecule has 0 fully saturated rings. The van der Waals surface area contributed by atoms with Crippen LogP contribution < -0.4 is 34.7 Å². The minimum atomic E-state index is -5.22. The van der Waals surface area contributed by atoms with Crippen LogP contribution in [0.25, 0.3) is 0 Å². The first-order valence-corrected chi connectivity index (χ1v) is 11.1. The van der Waals surface area contributed by atoms with Crippen molar-refractivity contribution in [3.63, 3.8) is 0 Å². The molecule has 0 saturated heterocycles. The Morgan fingerprint density at radius 2 is 1.90 bits per heavy atom. The molecule has 0 saturated carbocycles. The Morgan fingerprint density at radius 3 is 2.40 bits per heavy atom. The van der Waals surface area contributed by atoms with Gasteiger partial charge in [-0.15, -0.1) is 0 Å². The third-order valence-corrected chi connectivity index (χ3v) is 6.39. The van der Waals surface area contributed by atoms with E-state index in [9.17, 15) is 27.7 Å². The van der Waals surface area contributed by atoms with E-state index in [4.69, 9.17) is 4.74 Å². The largest absolute Gasteiger partial charge is 1.00 e. The number of hydrogen-bond acceptors (Lipinski definition) is 6. The third kappa shape index (κ3) is 7.20. The summed E-state index contributed by atoms with van der Waals surface area (Å²) in [5.41, 5.74) is 0.378. The van der Waals surface area contributed by atoms with E-state index in [1.165, 1.54) is 25.1 Å². The van der Waals surface area contributed by atoms with Gasteiger partial charge in [0.2, 0.25) is 4.75 Å². The van der Waals surface area contributed by atoms with Gasteiger partial charge in [0.25, 0.3) is 10.1 Å². The number of esters is 1. The predicted octanol–water partition coefficient (Wildman–Crippen LogP) is -0.251. The molecule has 2 unspecified atom stereocenters. The number of rotatable bonds is 12. The molecule has 0 aromatic heterocycles. The SMILES string of the molecule is CC=COC(=O)C(CC(=O)[O-])(c1ccccc1CC(CC)CCCC)S(=O)(=O)O.[Na+]. The second kappa shape index (κ2) is 13.3. The van der Waals surface area contributed by atoms with Crippen LogP contribution in [0.2, 0.25) is 0 Å². The predicted molar refractivity (Wildman–Crippen MR) is 107 cm³/mol. The van der Waals surface area contributed by atoms with Crippen LogP contribution in [0.1, 0.15) is 64.0 Å². The number of unbranched alkanes of at least 4 members (excludes halogenated alkanes) is 1. The van der Waals surface area contributed by atoms with E-state index < -0.39 is 33.2 Å². The molecule has 1 aromatic rings. The minimum Gasteiger partial charge on any atom is -0.550 e. The minimum absolute atomic E-state index is 0. The van der Waals surface area contributed by atoms with Crippen LogP contribution in [0.5, 0.6) is 0 Å². The molecule has 0 bridgehead atoms. The van der Waals surface area contributed by atoms with Crippen molar-refractivity contribution >= 4 is 22.1 Å². The Hall–Kier alpha value is -1.19. The first kappa shape index (κ1) is 28.8. The maximum Gasteiger partial charge on any atom is 1.00 e. The van der Waals surface area contributed by atoms with Crippen LogP contribution in [-0.2, 0) is 35.6 Å². The number of carboxylic acid groups (broad SMARTS) is 1. The van der Waals surface area contributed by atoms with Gasteiger partial charge in [0.1, 0.15) is 0 Å². The summed E-state index contributed by atoms with van der Waals surface area (Å²) in [6.07, 6.45) is 5.20. The molecular formula is C21H29NaO7S. The molecule has 7 nitrogen and oxygen atoms in total. The number of hydrogen-bond donors (Lipinski definition) is 1. The molecule has 1 aromatic carbocycles. The van der Waals surface area contributed by atoms with Gasteiger partial charge in [-0.1, -0.05) is 69.9 Å². The zero-order chi connectivity index (χ0) is 22.1. The molecule has 162 valence electrons. The number of carbonyl (C=O) groups is 2. The van der Waals surface area contributed by atoms with Gasteiger partial charge in [-0.3, -0.25) is 4.55 Å². The Kier molecular flexibility index (Phi) is 12.7. The van der Waals surface area contributed by atoms with Crippen molar-refractivity contribution in [3.8, 4) is 0 Å². The van der Waals surface area contributed by atoms with Crippen molar-refractivity contribution in [1.29, 1.82) is 0 Å². The van der Waals surface area contributed by atoms with Crippen LogP contribution in [0.15, 0.2) is 36.6 Å². The van der Waals surface area contributed by atoms with Gasteiger partial charge in [0.05, 0.1) is 6.26 Å². The maximum absolute atomic E-state index is 12.8. The summed E-state index contributed by atoms with van der Waals surface area (Å²) in [5.74, 6) is -2.98. The summed E-state index contributed by atoms with van der Waals surface area (Å²) < 4.78 is 36.9. The van der Waals surface area contributed by atoms with Crippen LogP contribution in [0, 0.1) is 5.92 Å². The summed E-state index contributed by atoms with van der Waals surface area (Å²) >= 11 is 0. The third-order valence-electron chi connectivity index (χ3n) is 4.98. The molecule has 0 aliphatic carbocycles. The number of carbonyl (C=O) groups excluding carboxylic acids is 2. The van der Waals surface area contributed by atoms with Crippen LogP contribution in [-0.4, -0.2) is 24.9 Å². The molecule has 1 N–H and O–H groups in total. The van der Waals surface area contributed by atoms with Gasteiger partial charge in [-0.2, -0.15) is 8.42 Å². The molecule has 1 rings (SSSR count). The summed E-state index contributed by atoms with van der Waals surface area (Å²) in [5, 5.41) is 11.4. The molecule has 2 atom stereocenters. The zero-order valence-electron chi connectivity index (χ0n) is 18.1. The van der Waals surface area contributed by atoms with Gasteiger partial charge in [0, 0.05) is 12.4 Å². The number of allylic oxidation sites excluding steroid dienone is 1. The first-order chi connectivity index (χ1) is 13.6. The fourth-order valence-electron chi connectivity index (χ4n) is 3.39. The molecule has 9 heteroatoms. The van der Waals surface area contributed by atoms with E-state index in [0.29, 0.717) is 12.0 Å². The van der Waals surface area contributed by atoms with E-state index in [2.05, 4.69) is 6.92 Å². The molecule has 0 aliphatic rings. The summed E-state index contributed by atoms with van der Waals surface area (Å²) in [7, 11) is -5.22. The van der Waals surface area contributed by atoms with Crippen molar-refractivity contribution in [1.82, 2.24) is 0 Å². The normalized spacial score (nSPS) is 14.5. The summed E-state index contributed by atoms with van der Waals surface area (Å²) in [4.78, 5) is 24.2.